The molecule has 0 saturated carbocycles. The summed E-state index contributed by atoms with van der Waals surface area (Å²) < 4.78 is 10.4. The summed E-state index contributed by atoms with van der Waals surface area (Å²) in [6.07, 6.45) is 0. The second kappa shape index (κ2) is 8.34. The molecule has 1 aliphatic heterocycles. The molecule has 0 radical (unpaired) electrons. The third kappa shape index (κ3) is 3.90. The number of aromatic nitrogens is 2. The smallest absolute Gasteiger partial charge is 0.348 e. The number of methoxy groups -OCH3 is 1. The number of carbonyl (C=O) groups is 1. The second-order valence-corrected chi connectivity index (χ2v) is 7.93. The third-order valence-corrected chi connectivity index (χ3v) is 6.23. The molecule has 1 fully saturated rings. The molecule has 8 heteroatoms. The van der Waals surface area contributed by atoms with Crippen LogP contribution in [0.1, 0.15) is 26.6 Å². The third-order valence-electron chi connectivity index (χ3n) is 5.06. The summed E-state index contributed by atoms with van der Waals surface area (Å²) in [7, 11) is 1.39. The van der Waals surface area contributed by atoms with E-state index in [2.05, 4.69) is 38.4 Å². The zero-order chi connectivity index (χ0) is 20.4. The fraction of sp³-hybridized carbons (Fsp3) is 0.381. The number of esters is 1. The predicted molar refractivity (Wildman–Crippen MR) is 115 cm³/mol. The van der Waals surface area contributed by atoms with E-state index in [-0.39, 0.29) is 5.97 Å². The lowest BCUT2D eigenvalue weighted by Crippen LogP contribution is -2.36. The molecular weight excluding hydrogens is 388 g/mol. The van der Waals surface area contributed by atoms with Crippen molar-refractivity contribution in [3.63, 3.8) is 0 Å². The molecule has 29 heavy (non-hydrogen) atoms. The highest BCUT2D eigenvalue weighted by molar-refractivity contribution is 7.20. The molecule has 3 heterocycles. The minimum Gasteiger partial charge on any atom is -0.465 e. The largest absolute Gasteiger partial charge is 0.465 e. The van der Waals surface area contributed by atoms with E-state index in [4.69, 9.17) is 9.47 Å². The van der Waals surface area contributed by atoms with Crippen LogP contribution in [0.2, 0.25) is 0 Å². The molecule has 0 aliphatic carbocycles. The number of anilines is 2. The quantitative estimate of drug-likeness (QED) is 0.642. The number of hydrogen-bond donors (Lipinski definition) is 1. The maximum absolute atomic E-state index is 12.1. The first kappa shape index (κ1) is 19.6. The van der Waals surface area contributed by atoms with Gasteiger partial charge in [-0.3, -0.25) is 0 Å². The summed E-state index contributed by atoms with van der Waals surface area (Å²) in [5, 5.41) is 4.36. The van der Waals surface area contributed by atoms with Crippen molar-refractivity contribution in [2.24, 2.45) is 0 Å². The van der Waals surface area contributed by atoms with Crippen molar-refractivity contribution in [1.82, 2.24) is 9.97 Å². The number of fused-ring (bicyclic) bond motifs is 1. The van der Waals surface area contributed by atoms with E-state index in [9.17, 15) is 4.79 Å². The van der Waals surface area contributed by atoms with Crippen LogP contribution < -0.4 is 10.2 Å². The van der Waals surface area contributed by atoms with Crippen molar-refractivity contribution in [2.75, 3.05) is 43.6 Å². The fourth-order valence-electron chi connectivity index (χ4n) is 3.61. The molecule has 2 aromatic heterocycles. The molecule has 0 atom stereocenters. The average molecular weight is 413 g/mol. The Bertz CT molecular complexity index is 1040. The summed E-state index contributed by atoms with van der Waals surface area (Å²) >= 11 is 1.34. The zero-order valence-corrected chi connectivity index (χ0v) is 17.6. The maximum atomic E-state index is 12.1. The maximum Gasteiger partial charge on any atom is 0.348 e. The molecule has 1 aromatic carbocycles. The summed E-state index contributed by atoms with van der Waals surface area (Å²) in [5.41, 5.74) is 3.25. The van der Waals surface area contributed by atoms with Gasteiger partial charge in [0.05, 0.1) is 25.7 Å². The van der Waals surface area contributed by atoms with Gasteiger partial charge in [0, 0.05) is 25.3 Å². The van der Waals surface area contributed by atoms with Gasteiger partial charge in [-0.25, -0.2) is 14.8 Å². The Morgan fingerprint density at radius 2 is 2.00 bits per heavy atom. The van der Waals surface area contributed by atoms with E-state index in [1.807, 2.05) is 19.9 Å². The second-order valence-electron chi connectivity index (χ2n) is 6.93. The van der Waals surface area contributed by atoms with Crippen LogP contribution in [0.3, 0.4) is 0 Å². The first-order valence-corrected chi connectivity index (χ1v) is 10.4. The van der Waals surface area contributed by atoms with Crippen LogP contribution in [0, 0.1) is 13.8 Å². The van der Waals surface area contributed by atoms with E-state index in [1.165, 1.54) is 29.7 Å². The zero-order valence-electron chi connectivity index (χ0n) is 16.8. The number of rotatable bonds is 5. The number of thiophene rings is 1. The Balaban J connectivity index is 1.65. The number of aryl methyl sites for hydroxylation is 2. The lowest BCUT2D eigenvalue weighted by Gasteiger charge is -2.30. The van der Waals surface area contributed by atoms with Crippen molar-refractivity contribution < 1.29 is 14.3 Å². The van der Waals surface area contributed by atoms with Gasteiger partial charge in [-0.15, -0.1) is 11.3 Å². The van der Waals surface area contributed by atoms with Crippen LogP contribution in [0.5, 0.6) is 0 Å². The first-order valence-electron chi connectivity index (χ1n) is 9.59. The van der Waals surface area contributed by atoms with E-state index >= 15 is 0 Å². The van der Waals surface area contributed by atoms with Crippen molar-refractivity contribution in [2.45, 2.75) is 20.4 Å². The van der Waals surface area contributed by atoms with Gasteiger partial charge in [0.25, 0.3) is 0 Å². The number of carbonyl (C=O) groups excluding carboxylic acids is 1. The van der Waals surface area contributed by atoms with Gasteiger partial charge >= 0.3 is 5.97 Å². The number of morpholine rings is 1. The first-order chi connectivity index (χ1) is 14.1. The molecule has 4 rings (SSSR count). The lowest BCUT2D eigenvalue weighted by atomic mass is 10.1. The molecule has 1 saturated heterocycles. The highest BCUT2D eigenvalue weighted by Crippen LogP contribution is 2.34. The molecule has 0 spiro atoms. The molecule has 0 unspecified atom stereocenters. The number of nitrogens with zero attached hydrogens (tertiary/aromatic N) is 3. The van der Waals surface area contributed by atoms with Crippen molar-refractivity contribution >= 4 is 39.0 Å². The van der Waals surface area contributed by atoms with Crippen LogP contribution >= 0.6 is 11.3 Å². The van der Waals surface area contributed by atoms with Crippen molar-refractivity contribution in [3.05, 3.63) is 46.1 Å². The topological polar surface area (TPSA) is 76.6 Å². The van der Waals surface area contributed by atoms with Crippen molar-refractivity contribution in [1.29, 1.82) is 0 Å². The number of ether oxygens (including phenoxy) is 2. The number of nitrogens with one attached hydrogen (secondary N) is 1. The fourth-order valence-corrected chi connectivity index (χ4v) is 4.76. The predicted octanol–water partition coefficient (Wildman–Crippen LogP) is 3.54. The Kier molecular flexibility index (Phi) is 5.64. The number of benzene rings is 1. The Hall–Kier alpha value is -2.71. The molecular formula is C21H24N4O3S. The summed E-state index contributed by atoms with van der Waals surface area (Å²) in [6, 6.07) is 8.39. The van der Waals surface area contributed by atoms with E-state index in [0.29, 0.717) is 17.2 Å². The van der Waals surface area contributed by atoms with Crippen LogP contribution in [-0.2, 0) is 16.0 Å². The van der Waals surface area contributed by atoms with Gasteiger partial charge in [0.1, 0.15) is 21.3 Å². The van der Waals surface area contributed by atoms with Crippen LogP contribution in [0.4, 0.5) is 11.5 Å². The van der Waals surface area contributed by atoms with Gasteiger partial charge in [-0.1, -0.05) is 18.2 Å². The van der Waals surface area contributed by atoms with Crippen LogP contribution in [0.15, 0.2) is 24.3 Å². The minimum atomic E-state index is -0.341. The van der Waals surface area contributed by atoms with E-state index in [1.54, 1.807) is 0 Å². The molecule has 7 nitrogen and oxygen atoms in total. The normalized spacial score (nSPS) is 14.2. The van der Waals surface area contributed by atoms with E-state index in [0.717, 1.165) is 47.9 Å². The summed E-state index contributed by atoms with van der Waals surface area (Å²) in [6.45, 7) is 7.67. The van der Waals surface area contributed by atoms with Gasteiger partial charge in [0.2, 0.25) is 0 Å². The van der Waals surface area contributed by atoms with Gasteiger partial charge in [-0.05, 0) is 31.0 Å². The summed E-state index contributed by atoms with van der Waals surface area (Å²) in [5.74, 6) is 1.07. The van der Waals surface area contributed by atoms with E-state index < -0.39 is 0 Å². The Labute approximate surface area is 173 Å². The highest BCUT2D eigenvalue weighted by Gasteiger charge is 2.21. The van der Waals surface area contributed by atoms with Gasteiger partial charge in [-0.2, -0.15) is 0 Å². The van der Waals surface area contributed by atoms with Crippen molar-refractivity contribution in [3.8, 4) is 0 Å². The Morgan fingerprint density at radius 3 is 2.76 bits per heavy atom. The molecule has 3 aromatic rings. The molecule has 1 N–H and O–H groups in total. The Morgan fingerprint density at radius 1 is 1.24 bits per heavy atom. The standard InChI is InChI=1S/C21H24N4O3S/c1-13-17-19(23-14(2)24-20(17)29-18(13)21(26)27-3)22-12-15-6-4-5-7-16(15)25-8-10-28-11-9-25/h4-7H,8-12H2,1-3H3,(H,22,23,24). The van der Waals surface area contributed by atoms with Crippen LogP contribution in [-0.4, -0.2) is 49.4 Å². The molecule has 152 valence electrons. The average Bonchev–Trinajstić information content (AvgIpc) is 3.08. The lowest BCUT2D eigenvalue weighted by molar-refractivity contribution is 0.0605. The highest BCUT2D eigenvalue weighted by atomic mass is 32.1. The number of hydrogen-bond acceptors (Lipinski definition) is 8. The molecule has 1 aliphatic rings. The summed E-state index contributed by atoms with van der Waals surface area (Å²) in [4.78, 5) is 25.0. The monoisotopic (exact) mass is 412 g/mol. The van der Waals surface area contributed by atoms with Crippen LogP contribution in [0.25, 0.3) is 10.2 Å². The van der Waals surface area contributed by atoms with Gasteiger partial charge < -0.3 is 19.7 Å². The van der Waals surface area contributed by atoms with Gasteiger partial charge in [0.15, 0.2) is 0 Å². The molecule has 0 amide bonds. The minimum absolute atomic E-state index is 0.341. The SMILES string of the molecule is COC(=O)c1sc2nc(C)nc(NCc3ccccc3N3CCOCC3)c2c1C. The number of para-hydroxylation sites is 1. The molecule has 0 bridgehead atoms.